The van der Waals surface area contributed by atoms with E-state index in [-0.39, 0.29) is 6.10 Å². The maximum Gasteiger partial charge on any atom is 0.0787 e. The molecule has 0 radical (unpaired) electrons. The van der Waals surface area contributed by atoms with Gasteiger partial charge in [0.05, 0.1) is 6.10 Å². The van der Waals surface area contributed by atoms with Crippen LogP contribution in [0.4, 0.5) is 5.69 Å². The van der Waals surface area contributed by atoms with Crippen LogP contribution in [0.1, 0.15) is 36.1 Å². The predicted octanol–water partition coefficient (Wildman–Crippen LogP) is 2.33. The summed E-state index contributed by atoms with van der Waals surface area (Å²) in [5.41, 5.74) is 9.69. The summed E-state index contributed by atoms with van der Waals surface area (Å²) in [5.74, 6) is 0. The van der Waals surface area contributed by atoms with Crippen LogP contribution in [0, 0.1) is 13.8 Å². The van der Waals surface area contributed by atoms with E-state index in [1.54, 1.807) is 0 Å². The lowest BCUT2D eigenvalue weighted by Gasteiger charge is -2.12. The summed E-state index contributed by atoms with van der Waals surface area (Å²) in [6.07, 6.45) is 0.376. The minimum Gasteiger partial charge on any atom is -0.398 e. The van der Waals surface area contributed by atoms with E-state index in [4.69, 9.17) is 5.73 Å². The van der Waals surface area contributed by atoms with Gasteiger partial charge in [0.1, 0.15) is 0 Å². The standard InChI is InChI=1S/C11H17NO/c1-4-10(13)9-5-7(2)11(12)8(3)6-9/h5-6,10,13H,4,12H2,1-3H3. The molecule has 1 rings (SSSR count). The fraction of sp³-hybridized carbons (Fsp3) is 0.455. The van der Waals surface area contributed by atoms with Gasteiger partial charge in [-0.2, -0.15) is 0 Å². The van der Waals surface area contributed by atoms with E-state index in [0.29, 0.717) is 0 Å². The third-order valence-corrected chi connectivity index (χ3v) is 2.39. The van der Waals surface area contributed by atoms with E-state index in [9.17, 15) is 5.11 Å². The van der Waals surface area contributed by atoms with Crippen LogP contribution in [0.3, 0.4) is 0 Å². The second kappa shape index (κ2) is 3.79. The number of rotatable bonds is 2. The van der Waals surface area contributed by atoms with Gasteiger partial charge >= 0.3 is 0 Å². The van der Waals surface area contributed by atoms with Gasteiger partial charge in [0, 0.05) is 5.69 Å². The Kier molecular flexibility index (Phi) is 2.94. The van der Waals surface area contributed by atoms with Crippen LogP contribution < -0.4 is 5.73 Å². The van der Waals surface area contributed by atoms with Gasteiger partial charge in [-0.15, -0.1) is 0 Å². The zero-order valence-electron chi connectivity index (χ0n) is 8.46. The van der Waals surface area contributed by atoms with Gasteiger partial charge < -0.3 is 10.8 Å². The van der Waals surface area contributed by atoms with Crippen LogP contribution in [-0.4, -0.2) is 5.11 Å². The minimum atomic E-state index is -0.363. The van der Waals surface area contributed by atoms with Gasteiger partial charge in [0.15, 0.2) is 0 Å². The molecule has 13 heavy (non-hydrogen) atoms. The van der Waals surface area contributed by atoms with Crippen molar-refractivity contribution in [1.29, 1.82) is 0 Å². The predicted molar refractivity (Wildman–Crippen MR) is 55.6 cm³/mol. The number of nitrogens with two attached hydrogens (primary N) is 1. The normalized spacial score (nSPS) is 12.9. The lowest BCUT2D eigenvalue weighted by atomic mass is 10.00. The Morgan fingerprint density at radius 3 is 2.15 bits per heavy atom. The van der Waals surface area contributed by atoms with E-state index in [1.165, 1.54) is 0 Å². The van der Waals surface area contributed by atoms with E-state index in [0.717, 1.165) is 28.8 Å². The Labute approximate surface area is 79.4 Å². The number of anilines is 1. The molecule has 72 valence electrons. The van der Waals surface area contributed by atoms with Crippen LogP contribution in [0.5, 0.6) is 0 Å². The van der Waals surface area contributed by atoms with Gasteiger partial charge in [-0.05, 0) is 37.0 Å². The quantitative estimate of drug-likeness (QED) is 0.684. The van der Waals surface area contributed by atoms with Crippen molar-refractivity contribution in [2.45, 2.75) is 33.3 Å². The first-order chi connectivity index (χ1) is 6.06. The first-order valence-corrected chi connectivity index (χ1v) is 4.61. The van der Waals surface area contributed by atoms with Crippen LogP contribution in [0.15, 0.2) is 12.1 Å². The molecule has 0 saturated carbocycles. The lowest BCUT2D eigenvalue weighted by Crippen LogP contribution is -2.00. The molecule has 0 saturated heterocycles. The van der Waals surface area contributed by atoms with Crippen LogP contribution in [0.2, 0.25) is 0 Å². The average Bonchev–Trinajstić information content (AvgIpc) is 2.12. The fourth-order valence-corrected chi connectivity index (χ4v) is 1.44. The molecule has 2 heteroatoms. The molecule has 0 amide bonds. The third kappa shape index (κ3) is 2.01. The second-order valence-electron chi connectivity index (χ2n) is 3.49. The molecule has 1 aromatic rings. The number of aliphatic hydroxyl groups excluding tert-OH is 1. The van der Waals surface area contributed by atoms with E-state index >= 15 is 0 Å². The molecule has 0 spiro atoms. The summed E-state index contributed by atoms with van der Waals surface area (Å²) in [7, 11) is 0. The number of benzene rings is 1. The highest BCUT2D eigenvalue weighted by Crippen LogP contribution is 2.24. The number of hydrogen-bond donors (Lipinski definition) is 2. The molecule has 1 atom stereocenters. The third-order valence-electron chi connectivity index (χ3n) is 2.39. The number of aryl methyl sites for hydroxylation is 2. The molecule has 0 aliphatic carbocycles. The van der Waals surface area contributed by atoms with Crippen molar-refractivity contribution in [3.8, 4) is 0 Å². The summed E-state index contributed by atoms with van der Waals surface area (Å²) in [5, 5.41) is 9.63. The van der Waals surface area contributed by atoms with Crippen molar-refractivity contribution in [3.05, 3.63) is 28.8 Å². The van der Waals surface area contributed by atoms with E-state index in [2.05, 4.69) is 0 Å². The van der Waals surface area contributed by atoms with Crippen LogP contribution in [0.25, 0.3) is 0 Å². The molecule has 0 bridgehead atoms. The Bertz CT molecular complexity index is 284. The van der Waals surface area contributed by atoms with Gasteiger partial charge in [-0.3, -0.25) is 0 Å². The molecule has 0 heterocycles. The Morgan fingerprint density at radius 2 is 1.77 bits per heavy atom. The lowest BCUT2D eigenvalue weighted by molar-refractivity contribution is 0.173. The van der Waals surface area contributed by atoms with Crippen molar-refractivity contribution < 1.29 is 5.11 Å². The number of nitrogen functional groups attached to an aromatic ring is 1. The zero-order valence-corrected chi connectivity index (χ0v) is 8.46. The van der Waals surface area contributed by atoms with Crippen LogP contribution >= 0.6 is 0 Å². The molecule has 1 unspecified atom stereocenters. The summed E-state index contributed by atoms with van der Waals surface area (Å²) in [6, 6.07) is 3.91. The molecule has 0 fully saturated rings. The monoisotopic (exact) mass is 179 g/mol. The van der Waals surface area contributed by atoms with Crippen molar-refractivity contribution in [2.75, 3.05) is 5.73 Å². The molecular weight excluding hydrogens is 162 g/mol. The summed E-state index contributed by atoms with van der Waals surface area (Å²) in [4.78, 5) is 0. The number of aliphatic hydroxyl groups is 1. The largest absolute Gasteiger partial charge is 0.398 e. The Morgan fingerprint density at radius 1 is 1.31 bits per heavy atom. The highest BCUT2D eigenvalue weighted by atomic mass is 16.3. The van der Waals surface area contributed by atoms with Crippen LogP contribution in [-0.2, 0) is 0 Å². The first-order valence-electron chi connectivity index (χ1n) is 4.61. The average molecular weight is 179 g/mol. The number of hydrogen-bond acceptors (Lipinski definition) is 2. The van der Waals surface area contributed by atoms with Crippen molar-refractivity contribution in [2.24, 2.45) is 0 Å². The SMILES string of the molecule is CCC(O)c1cc(C)c(N)c(C)c1. The molecule has 0 aromatic heterocycles. The Hall–Kier alpha value is -1.02. The van der Waals surface area contributed by atoms with E-state index < -0.39 is 0 Å². The van der Waals surface area contributed by atoms with Gasteiger partial charge in [-0.25, -0.2) is 0 Å². The zero-order chi connectivity index (χ0) is 10.0. The molecule has 0 aliphatic heterocycles. The molecular formula is C11H17NO. The maximum atomic E-state index is 9.63. The topological polar surface area (TPSA) is 46.2 Å². The van der Waals surface area contributed by atoms with Crippen molar-refractivity contribution in [1.82, 2.24) is 0 Å². The highest BCUT2D eigenvalue weighted by Gasteiger charge is 2.07. The van der Waals surface area contributed by atoms with Crippen molar-refractivity contribution in [3.63, 3.8) is 0 Å². The summed E-state index contributed by atoms with van der Waals surface area (Å²) < 4.78 is 0. The molecule has 2 nitrogen and oxygen atoms in total. The van der Waals surface area contributed by atoms with Crippen molar-refractivity contribution >= 4 is 5.69 Å². The minimum absolute atomic E-state index is 0.363. The molecule has 0 aliphatic rings. The first kappa shape index (κ1) is 10.1. The molecule has 1 aromatic carbocycles. The smallest absolute Gasteiger partial charge is 0.0787 e. The van der Waals surface area contributed by atoms with Gasteiger partial charge in [0.25, 0.3) is 0 Å². The molecule has 3 N–H and O–H groups in total. The maximum absolute atomic E-state index is 9.63. The fourth-order valence-electron chi connectivity index (χ4n) is 1.44. The van der Waals surface area contributed by atoms with E-state index in [1.807, 2.05) is 32.9 Å². The summed E-state index contributed by atoms with van der Waals surface area (Å²) in [6.45, 7) is 5.90. The Balaban J connectivity index is 3.13. The summed E-state index contributed by atoms with van der Waals surface area (Å²) >= 11 is 0. The second-order valence-corrected chi connectivity index (χ2v) is 3.49. The van der Waals surface area contributed by atoms with Gasteiger partial charge in [0.2, 0.25) is 0 Å². The van der Waals surface area contributed by atoms with Gasteiger partial charge in [-0.1, -0.05) is 19.1 Å². The highest BCUT2D eigenvalue weighted by molar-refractivity contribution is 5.54.